The lowest BCUT2D eigenvalue weighted by Gasteiger charge is -2.08. The van der Waals surface area contributed by atoms with Gasteiger partial charge in [-0.3, -0.25) is 9.59 Å². The smallest absolute Gasteiger partial charge is 0.275 e. The molecule has 3 rings (SSSR count). The molecule has 1 heterocycles. The van der Waals surface area contributed by atoms with Crippen molar-refractivity contribution in [1.82, 2.24) is 9.97 Å². The molecule has 0 atom stereocenters. The first-order chi connectivity index (χ1) is 13.4. The molecule has 7 nitrogen and oxygen atoms in total. The third-order valence-corrected chi connectivity index (χ3v) is 3.52. The van der Waals surface area contributed by atoms with Crippen molar-refractivity contribution in [1.29, 1.82) is 0 Å². The van der Waals surface area contributed by atoms with Gasteiger partial charge >= 0.3 is 0 Å². The number of halogens is 2. The second kappa shape index (κ2) is 8.21. The number of nitrogens with one attached hydrogen (secondary N) is 3. The molecule has 2 aromatic carbocycles. The van der Waals surface area contributed by atoms with Gasteiger partial charge in [-0.2, -0.15) is 0 Å². The highest BCUT2D eigenvalue weighted by Crippen LogP contribution is 2.18. The summed E-state index contributed by atoms with van der Waals surface area (Å²) in [6.45, 7) is 1.39. The molecule has 0 bridgehead atoms. The van der Waals surface area contributed by atoms with E-state index in [4.69, 9.17) is 0 Å². The molecule has 142 valence electrons. The minimum atomic E-state index is -0.990. The Bertz CT molecular complexity index is 1030. The SMILES string of the molecule is CC(=O)Nc1cccc(NC(=O)c2cnc(Nc3ccc(F)c(F)c3)cn2)c1. The molecule has 3 aromatic rings. The van der Waals surface area contributed by atoms with Gasteiger partial charge in [0.2, 0.25) is 5.91 Å². The van der Waals surface area contributed by atoms with E-state index in [1.807, 2.05) is 0 Å². The van der Waals surface area contributed by atoms with E-state index >= 15 is 0 Å². The zero-order chi connectivity index (χ0) is 20.1. The Morgan fingerprint density at radius 1 is 0.857 bits per heavy atom. The molecule has 3 N–H and O–H groups in total. The Labute approximate surface area is 158 Å². The molecule has 28 heavy (non-hydrogen) atoms. The highest BCUT2D eigenvalue weighted by molar-refractivity contribution is 6.03. The largest absolute Gasteiger partial charge is 0.339 e. The van der Waals surface area contributed by atoms with E-state index in [9.17, 15) is 18.4 Å². The number of carbonyl (C=O) groups excluding carboxylic acids is 2. The summed E-state index contributed by atoms with van der Waals surface area (Å²) in [6, 6.07) is 9.96. The van der Waals surface area contributed by atoms with Gasteiger partial charge in [0.25, 0.3) is 5.91 Å². The summed E-state index contributed by atoms with van der Waals surface area (Å²) in [5.41, 5.74) is 1.37. The van der Waals surface area contributed by atoms with E-state index in [0.29, 0.717) is 17.1 Å². The lowest BCUT2D eigenvalue weighted by Crippen LogP contribution is -2.14. The van der Waals surface area contributed by atoms with Crippen LogP contribution in [0.2, 0.25) is 0 Å². The molecule has 9 heteroatoms. The molecule has 0 spiro atoms. The van der Waals surface area contributed by atoms with Crippen LogP contribution >= 0.6 is 0 Å². The second-order valence-corrected chi connectivity index (χ2v) is 5.76. The van der Waals surface area contributed by atoms with E-state index in [1.165, 1.54) is 25.4 Å². The third-order valence-electron chi connectivity index (χ3n) is 3.52. The Morgan fingerprint density at radius 3 is 2.25 bits per heavy atom. The summed E-state index contributed by atoms with van der Waals surface area (Å²) >= 11 is 0. The van der Waals surface area contributed by atoms with Crippen LogP contribution in [0.3, 0.4) is 0 Å². The van der Waals surface area contributed by atoms with Gasteiger partial charge in [-0.05, 0) is 30.3 Å². The standard InChI is InChI=1S/C19H15F2N5O2/c1-11(27)24-12-3-2-4-13(7-12)26-19(28)17-9-23-18(10-22-17)25-14-5-6-15(20)16(21)8-14/h2-10H,1H3,(H,23,25)(H,24,27)(H,26,28). The van der Waals surface area contributed by atoms with Gasteiger partial charge in [0, 0.05) is 30.1 Å². The van der Waals surface area contributed by atoms with Gasteiger partial charge in [-0.15, -0.1) is 0 Å². The molecule has 0 saturated heterocycles. The van der Waals surface area contributed by atoms with Crippen molar-refractivity contribution in [2.75, 3.05) is 16.0 Å². The molecule has 0 radical (unpaired) electrons. The topological polar surface area (TPSA) is 96.0 Å². The van der Waals surface area contributed by atoms with Crippen LogP contribution in [-0.4, -0.2) is 21.8 Å². The molecule has 0 aliphatic carbocycles. The van der Waals surface area contributed by atoms with Gasteiger partial charge in [0.05, 0.1) is 12.4 Å². The molecule has 0 aliphatic rings. The lowest BCUT2D eigenvalue weighted by molar-refractivity contribution is -0.114. The summed E-state index contributed by atoms with van der Waals surface area (Å²) < 4.78 is 26.2. The minimum Gasteiger partial charge on any atom is -0.339 e. The highest BCUT2D eigenvalue weighted by atomic mass is 19.2. The van der Waals surface area contributed by atoms with Crippen molar-refractivity contribution in [3.63, 3.8) is 0 Å². The predicted octanol–water partition coefficient (Wildman–Crippen LogP) is 3.71. The Balaban J connectivity index is 1.66. The predicted molar refractivity (Wildman–Crippen MR) is 100 cm³/mol. The number of nitrogens with zero attached hydrogens (tertiary/aromatic N) is 2. The third kappa shape index (κ3) is 4.85. The van der Waals surface area contributed by atoms with Crippen molar-refractivity contribution >= 4 is 34.7 Å². The van der Waals surface area contributed by atoms with Crippen LogP contribution in [0.4, 0.5) is 31.7 Å². The molecule has 1 aromatic heterocycles. The second-order valence-electron chi connectivity index (χ2n) is 5.76. The quantitative estimate of drug-likeness (QED) is 0.624. The Hall–Kier alpha value is -3.88. The maximum atomic E-state index is 13.2. The molecule has 0 unspecified atom stereocenters. The van der Waals surface area contributed by atoms with E-state index in [1.54, 1.807) is 24.3 Å². The maximum Gasteiger partial charge on any atom is 0.275 e. The van der Waals surface area contributed by atoms with Crippen LogP contribution in [0.25, 0.3) is 0 Å². The van der Waals surface area contributed by atoms with Crippen LogP contribution < -0.4 is 16.0 Å². The van der Waals surface area contributed by atoms with Gasteiger partial charge in [0.1, 0.15) is 11.5 Å². The molecule has 2 amide bonds. The first-order valence-corrected chi connectivity index (χ1v) is 8.14. The number of aromatic nitrogens is 2. The van der Waals surface area contributed by atoms with E-state index in [-0.39, 0.29) is 17.4 Å². The monoisotopic (exact) mass is 383 g/mol. The highest BCUT2D eigenvalue weighted by Gasteiger charge is 2.10. The average Bonchev–Trinajstić information content (AvgIpc) is 2.65. The van der Waals surface area contributed by atoms with Crippen LogP contribution in [0.15, 0.2) is 54.9 Å². The van der Waals surface area contributed by atoms with Crippen LogP contribution in [0.1, 0.15) is 17.4 Å². The number of amides is 2. The summed E-state index contributed by atoms with van der Waals surface area (Å²) in [6.07, 6.45) is 2.54. The fourth-order valence-corrected chi connectivity index (χ4v) is 2.30. The van der Waals surface area contributed by atoms with Gasteiger partial charge in [-0.25, -0.2) is 18.7 Å². The molecular formula is C19H15F2N5O2. The summed E-state index contributed by atoms with van der Waals surface area (Å²) in [5, 5.41) is 8.03. The fraction of sp³-hybridized carbons (Fsp3) is 0.0526. The molecular weight excluding hydrogens is 368 g/mol. The van der Waals surface area contributed by atoms with E-state index in [0.717, 1.165) is 12.1 Å². The van der Waals surface area contributed by atoms with Crippen molar-refractivity contribution < 1.29 is 18.4 Å². The van der Waals surface area contributed by atoms with Crippen molar-refractivity contribution in [2.45, 2.75) is 6.92 Å². The van der Waals surface area contributed by atoms with Gasteiger partial charge in [0.15, 0.2) is 11.6 Å². The Kier molecular flexibility index (Phi) is 5.54. The molecule has 0 fully saturated rings. The number of hydrogen-bond acceptors (Lipinski definition) is 5. The van der Waals surface area contributed by atoms with E-state index < -0.39 is 17.5 Å². The minimum absolute atomic E-state index is 0.0563. The van der Waals surface area contributed by atoms with Crippen molar-refractivity contribution in [3.8, 4) is 0 Å². The summed E-state index contributed by atoms with van der Waals surface area (Å²) in [5.74, 6) is -2.40. The fourth-order valence-electron chi connectivity index (χ4n) is 2.30. The molecule has 0 aliphatic heterocycles. The zero-order valence-electron chi connectivity index (χ0n) is 14.7. The number of carbonyl (C=O) groups is 2. The average molecular weight is 383 g/mol. The van der Waals surface area contributed by atoms with Crippen molar-refractivity contribution in [2.24, 2.45) is 0 Å². The summed E-state index contributed by atoms with van der Waals surface area (Å²) in [7, 11) is 0. The number of hydrogen-bond donors (Lipinski definition) is 3. The van der Waals surface area contributed by atoms with Crippen LogP contribution in [-0.2, 0) is 4.79 Å². The van der Waals surface area contributed by atoms with E-state index in [2.05, 4.69) is 25.9 Å². The normalized spacial score (nSPS) is 10.2. The zero-order valence-corrected chi connectivity index (χ0v) is 14.7. The number of anilines is 4. The maximum absolute atomic E-state index is 13.2. The number of benzene rings is 2. The molecule has 0 saturated carbocycles. The van der Waals surface area contributed by atoms with Crippen molar-refractivity contribution in [3.05, 3.63) is 72.2 Å². The van der Waals surface area contributed by atoms with Crippen LogP contribution in [0, 0.1) is 11.6 Å². The summed E-state index contributed by atoms with van der Waals surface area (Å²) in [4.78, 5) is 31.4. The van der Waals surface area contributed by atoms with Gasteiger partial charge in [-0.1, -0.05) is 6.07 Å². The first-order valence-electron chi connectivity index (χ1n) is 8.14. The lowest BCUT2D eigenvalue weighted by atomic mass is 10.2. The van der Waals surface area contributed by atoms with Crippen LogP contribution in [0.5, 0.6) is 0 Å². The number of rotatable bonds is 5. The van der Waals surface area contributed by atoms with Gasteiger partial charge < -0.3 is 16.0 Å². The first kappa shape index (κ1) is 18.9. The Morgan fingerprint density at radius 2 is 1.61 bits per heavy atom.